The molecule has 0 saturated carbocycles. The first kappa shape index (κ1) is 11.1. The van der Waals surface area contributed by atoms with Gasteiger partial charge in [0.2, 0.25) is 0 Å². The SMILES string of the molecule is C=Cc1cnc(N)c(Oc2ccc(C)cc2)n1. The lowest BCUT2D eigenvalue weighted by Crippen LogP contribution is -1.99. The number of aromatic nitrogens is 2. The van der Waals surface area contributed by atoms with Gasteiger partial charge in [0.25, 0.3) is 5.88 Å². The number of hydrogen-bond acceptors (Lipinski definition) is 4. The number of anilines is 1. The normalized spacial score (nSPS) is 9.94. The molecule has 1 aromatic carbocycles. The fraction of sp³-hybridized carbons (Fsp3) is 0.0769. The lowest BCUT2D eigenvalue weighted by atomic mass is 10.2. The summed E-state index contributed by atoms with van der Waals surface area (Å²) in [4.78, 5) is 8.16. The monoisotopic (exact) mass is 227 g/mol. The molecule has 0 spiro atoms. The maximum atomic E-state index is 5.69. The summed E-state index contributed by atoms with van der Waals surface area (Å²) in [5.74, 6) is 1.24. The Morgan fingerprint density at radius 1 is 1.29 bits per heavy atom. The molecule has 4 nitrogen and oxygen atoms in total. The summed E-state index contributed by atoms with van der Waals surface area (Å²) in [6.45, 7) is 5.63. The number of nitrogens with zero attached hydrogens (tertiary/aromatic N) is 2. The average molecular weight is 227 g/mol. The van der Waals surface area contributed by atoms with Crippen LogP contribution < -0.4 is 10.5 Å². The molecule has 0 atom stereocenters. The topological polar surface area (TPSA) is 61.0 Å². The standard InChI is InChI=1S/C13H13N3O/c1-3-10-8-15-12(14)13(16-10)17-11-6-4-9(2)5-7-11/h3-8H,1H2,2H3,(H2,14,15). The Morgan fingerprint density at radius 2 is 2.00 bits per heavy atom. The van der Waals surface area contributed by atoms with Gasteiger partial charge in [-0.25, -0.2) is 9.97 Å². The molecule has 0 saturated heterocycles. The number of hydrogen-bond donors (Lipinski definition) is 1. The van der Waals surface area contributed by atoms with Crippen molar-refractivity contribution in [1.29, 1.82) is 0 Å². The minimum absolute atomic E-state index is 0.260. The molecule has 17 heavy (non-hydrogen) atoms. The summed E-state index contributed by atoms with van der Waals surface area (Å²) in [7, 11) is 0. The lowest BCUT2D eigenvalue weighted by molar-refractivity contribution is 0.463. The maximum Gasteiger partial charge on any atom is 0.263 e. The summed E-state index contributed by atoms with van der Waals surface area (Å²) in [6, 6.07) is 7.63. The second kappa shape index (κ2) is 4.65. The van der Waals surface area contributed by atoms with Crippen LogP contribution in [0, 0.1) is 6.92 Å². The van der Waals surface area contributed by atoms with E-state index in [9.17, 15) is 0 Å². The van der Waals surface area contributed by atoms with Gasteiger partial charge < -0.3 is 10.5 Å². The van der Waals surface area contributed by atoms with Crippen LogP contribution in [0.25, 0.3) is 6.08 Å². The molecule has 0 fully saturated rings. The van der Waals surface area contributed by atoms with Gasteiger partial charge >= 0.3 is 0 Å². The van der Waals surface area contributed by atoms with Gasteiger partial charge in [-0.05, 0) is 25.1 Å². The van der Waals surface area contributed by atoms with Crippen LogP contribution in [0.2, 0.25) is 0 Å². The molecule has 0 aliphatic rings. The van der Waals surface area contributed by atoms with Crippen molar-refractivity contribution in [3.05, 3.63) is 48.3 Å². The molecule has 4 heteroatoms. The van der Waals surface area contributed by atoms with E-state index in [-0.39, 0.29) is 5.82 Å². The molecule has 2 rings (SSSR count). The van der Waals surface area contributed by atoms with Crippen molar-refractivity contribution in [2.45, 2.75) is 6.92 Å². The first-order valence-electron chi connectivity index (χ1n) is 5.18. The number of benzene rings is 1. The Balaban J connectivity index is 2.28. The highest BCUT2D eigenvalue weighted by atomic mass is 16.5. The van der Waals surface area contributed by atoms with Crippen LogP contribution >= 0.6 is 0 Å². The Morgan fingerprint density at radius 3 is 2.65 bits per heavy atom. The third-order valence-electron chi connectivity index (χ3n) is 2.23. The highest BCUT2D eigenvalue weighted by molar-refractivity contribution is 5.49. The average Bonchev–Trinajstić information content (AvgIpc) is 2.35. The molecular weight excluding hydrogens is 214 g/mol. The van der Waals surface area contributed by atoms with Crippen molar-refractivity contribution in [2.75, 3.05) is 5.73 Å². The van der Waals surface area contributed by atoms with E-state index in [1.165, 1.54) is 0 Å². The van der Waals surface area contributed by atoms with E-state index < -0.39 is 0 Å². The zero-order chi connectivity index (χ0) is 12.3. The number of nitrogens with two attached hydrogens (primary N) is 1. The summed E-state index contributed by atoms with van der Waals surface area (Å²) in [5, 5.41) is 0. The predicted octanol–water partition coefficient (Wildman–Crippen LogP) is 2.80. The van der Waals surface area contributed by atoms with Crippen LogP contribution in [-0.4, -0.2) is 9.97 Å². The maximum absolute atomic E-state index is 5.69. The molecule has 86 valence electrons. The first-order valence-corrected chi connectivity index (χ1v) is 5.18. The fourth-order valence-electron chi connectivity index (χ4n) is 1.29. The fourth-order valence-corrected chi connectivity index (χ4v) is 1.29. The summed E-state index contributed by atoms with van der Waals surface area (Å²) >= 11 is 0. The molecule has 0 unspecified atom stereocenters. The number of ether oxygens (including phenoxy) is 1. The van der Waals surface area contributed by atoms with Crippen LogP contribution in [0.4, 0.5) is 5.82 Å². The molecule has 0 amide bonds. The Bertz CT molecular complexity index is 535. The van der Waals surface area contributed by atoms with Gasteiger partial charge in [0, 0.05) is 0 Å². The molecule has 1 heterocycles. The lowest BCUT2D eigenvalue weighted by Gasteiger charge is -2.07. The van der Waals surface area contributed by atoms with Gasteiger partial charge in [-0.15, -0.1) is 0 Å². The predicted molar refractivity (Wildman–Crippen MR) is 67.8 cm³/mol. The molecule has 1 aromatic heterocycles. The molecule has 0 aliphatic carbocycles. The zero-order valence-electron chi connectivity index (χ0n) is 9.55. The van der Waals surface area contributed by atoms with Crippen molar-refractivity contribution >= 4 is 11.9 Å². The van der Waals surface area contributed by atoms with Gasteiger partial charge in [-0.1, -0.05) is 24.3 Å². The minimum atomic E-state index is 0.260. The van der Waals surface area contributed by atoms with Crippen LogP contribution in [-0.2, 0) is 0 Å². The summed E-state index contributed by atoms with van der Waals surface area (Å²) in [5.41, 5.74) is 7.48. The van der Waals surface area contributed by atoms with Gasteiger partial charge in [0.05, 0.1) is 11.9 Å². The van der Waals surface area contributed by atoms with E-state index in [1.807, 2.05) is 31.2 Å². The van der Waals surface area contributed by atoms with Crippen LogP contribution in [0.1, 0.15) is 11.3 Å². The first-order chi connectivity index (χ1) is 8.19. The van der Waals surface area contributed by atoms with Crippen LogP contribution in [0.5, 0.6) is 11.6 Å². The third-order valence-corrected chi connectivity index (χ3v) is 2.23. The van der Waals surface area contributed by atoms with Gasteiger partial charge in [-0.3, -0.25) is 0 Å². The largest absolute Gasteiger partial charge is 0.436 e. The highest BCUT2D eigenvalue weighted by Gasteiger charge is 2.05. The molecule has 2 aromatic rings. The molecule has 0 radical (unpaired) electrons. The van der Waals surface area contributed by atoms with Crippen molar-refractivity contribution in [1.82, 2.24) is 9.97 Å². The van der Waals surface area contributed by atoms with E-state index in [4.69, 9.17) is 10.5 Å². The summed E-state index contributed by atoms with van der Waals surface area (Å²) in [6.07, 6.45) is 3.14. The van der Waals surface area contributed by atoms with Crippen molar-refractivity contribution in [3.63, 3.8) is 0 Å². The van der Waals surface area contributed by atoms with E-state index in [0.29, 0.717) is 17.3 Å². The molecule has 0 aliphatic heterocycles. The second-order valence-electron chi connectivity index (χ2n) is 3.60. The number of aryl methyl sites for hydroxylation is 1. The van der Waals surface area contributed by atoms with Crippen LogP contribution in [0.3, 0.4) is 0 Å². The van der Waals surface area contributed by atoms with Crippen LogP contribution in [0.15, 0.2) is 37.0 Å². The molecule has 2 N–H and O–H groups in total. The van der Waals surface area contributed by atoms with E-state index in [1.54, 1.807) is 12.3 Å². The third kappa shape index (κ3) is 2.60. The highest BCUT2D eigenvalue weighted by Crippen LogP contribution is 2.24. The second-order valence-corrected chi connectivity index (χ2v) is 3.60. The molecular formula is C13H13N3O. The van der Waals surface area contributed by atoms with Gasteiger partial charge in [-0.2, -0.15) is 0 Å². The van der Waals surface area contributed by atoms with E-state index in [2.05, 4.69) is 16.5 Å². The smallest absolute Gasteiger partial charge is 0.263 e. The Labute approximate surface area is 99.8 Å². The van der Waals surface area contributed by atoms with Gasteiger partial charge in [0.1, 0.15) is 5.75 Å². The van der Waals surface area contributed by atoms with Gasteiger partial charge in [0.15, 0.2) is 5.82 Å². The van der Waals surface area contributed by atoms with Crippen molar-refractivity contribution in [2.24, 2.45) is 0 Å². The summed E-state index contributed by atoms with van der Waals surface area (Å²) < 4.78 is 5.56. The van der Waals surface area contributed by atoms with Crippen molar-refractivity contribution < 1.29 is 4.74 Å². The Kier molecular flexibility index (Phi) is 3.05. The van der Waals surface area contributed by atoms with Crippen molar-refractivity contribution in [3.8, 4) is 11.6 Å². The Hall–Kier alpha value is -2.36. The minimum Gasteiger partial charge on any atom is -0.436 e. The van der Waals surface area contributed by atoms with E-state index in [0.717, 1.165) is 5.56 Å². The number of nitrogen functional groups attached to an aromatic ring is 1. The van der Waals surface area contributed by atoms with E-state index >= 15 is 0 Å². The quantitative estimate of drug-likeness (QED) is 0.875. The number of rotatable bonds is 3. The molecule has 0 bridgehead atoms. The zero-order valence-corrected chi connectivity index (χ0v) is 9.55.